The predicted octanol–water partition coefficient (Wildman–Crippen LogP) is 4.83. The molecule has 1 aliphatic heterocycles. The van der Waals surface area contributed by atoms with Crippen LogP contribution in [0.25, 0.3) is 0 Å². The number of nitrogens with one attached hydrogen (secondary N) is 1. The van der Waals surface area contributed by atoms with E-state index in [1.54, 1.807) is 0 Å². The summed E-state index contributed by atoms with van der Waals surface area (Å²) >= 11 is 0. The van der Waals surface area contributed by atoms with E-state index in [0.717, 1.165) is 50.4 Å². The van der Waals surface area contributed by atoms with Gasteiger partial charge in [-0.3, -0.25) is 4.79 Å². The highest BCUT2D eigenvalue weighted by atomic mass is 16.5. The summed E-state index contributed by atoms with van der Waals surface area (Å²) in [7, 11) is 0. The van der Waals surface area contributed by atoms with E-state index >= 15 is 0 Å². The van der Waals surface area contributed by atoms with Crippen LogP contribution >= 0.6 is 0 Å². The summed E-state index contributed by atoms with van der Waals surface area (Å²) in [5.41, 5.74) is 3.20. The van der Waals surface area contributed by atoms with Gasteiger partial charge in [0.15, 0.2) is 0 Å². The highest BCUT2D eigenvalue weighted by Crippen LogP contribution is 2.37. The monoisotopic (exact) mass is 378 g/mol. The van der Waals surface area contributed by atoms with Gasteiger partial charge >= 0.3 is 0 Å². The molecule has 148 valence electrons. The van der Waals surface area contributed by atoms with Gasteiger partial charge in [-0.1, -0.05) is 49.6 Å². The lowest BCUT2D eigenvalue weighted by Crippen LogP contribution is -2.36. The van der Waals surface area contributed by atoms with Crippen LogP contribution in [0, 0.1) is 5.92 Å². The van der Waals surface area contributed by atoms with E-state index in [0.29, 0.717) is 5.92 Å². The predicted molar refractivity (Wildman–Crippen MR) is 114 cm³/mol. The van der Waals surface area contributed by atoms with Crippen molar-refractivity contribution < 1.29 is 9.53 Å². The zero-order valence-electron chi connectivity index (χ0n) is 16.5. The van der Waals surface area contributed by atoms with Crippen molar-refractivity contribution in [1.82, 2.24) is 0 Å². The molecule has 1 saturated carbocycles. The Labute approximate surface area is 167 Å². The molecule has 4 nitrogen and oxygen atoms in total. The van der Waals surface area contributed by atoms with Gasteiger partial charge < -0.3 is 15.0 Å². The van der Waals surface area contributed by atoms with Crippen molar-refractivity contribution in [3.8, 4) is 0 Å². The molecular formula is C24H30N2O2. The second kappa shape index (κ2) is 9.24. The second-order valence-corrected chi connectivity index (χ2v) is 7.92. The minimum Gasteiger partial charge on any atom is -0.378 e. The molecule has 4 rings (SSSR count). The van der Waals surface area contributed by atoms with Crippen LogP contribution in [0.2, 0.25) is 0 Å². The molecule has 0 radical (unpaired) electrons. The first-order valence-corrected chi connectivity index (χ1v) is 10.6. The first-order valence-electron chi connectivity index (χ1n) is 10.6. The molecule has 2 fully saturated rings. The lowest BCUT2D eigenvalue weighted by molar-refractivity contribution is -0.119. The van der Waals surface area contributed by atoms with Crippen LogP contribution in [0.3, 0.4) is 0 Å². The zero-order valence-corrected chi connectivity index (χ0v) is 16.5. The van der Waals surface area contributed by atoms with Crippen LogP contribution < -0.4 is 10.2 Å². The number of anilines is 2. The number of carbonyl (C=O) groups is 1. The maximum Gasteiger partial charge on any atom is 0.232 e. The fraction of sp³-hybridized carbons (Fsp3) is 0.458. The number of nitrogens with zero attached hydrogens (tertiary/aromatic N) is 1. The molecule has 0 bridgehead atoms. The van der Waals surface area contributed by atoms with Crippen LogP contribution in [-0.4, -0.2) is 32.2 Å². The SMILES string of the molecule is O=C(Nc1ccc(N2CCOCC2)cc1)C(c1ccccc1)C1CCCCC1. The number of carbonyl (C=O) groups excluding carboxylic acids is 1. The van der Waals surface area contributed by atoms with Gasteiger partial charge in [0.25, 0.3) is 0 Å². The molecule has 1 atom stereocenters. The average molecular weight is 379 g/mol. The van der Waals surface area contributed by atoms with Gasteiger partial charge in [0, 0.05) is 24.5 Å². The van der Waals surface area contributed by atoms with E-state index in [9.17, 15) is 4.79 Å². The smallest absolute Gasteiger partial charge is 0.232 e. The zero-order chi connectivity index (χ0) is 19.2. The molecule has 28 heavy (non-hydrogen) atoms. The number of hydrogen-bond acceptors (Lipinski definition) is 3. The largest absolute Gasteiger partial charge is 0.378 e. The van der Waals surface area contributed by atoms with Crippen molar-refractivity contribution in [2.75, 3.05) is 36.5 Å². The molecule has 2 aromatic carbocycles. The highest BCUT2D eigenvalue weighted by molar-refractivity contribution is 5.96. The van der Waals surface area contributed by atoms with Crippen LogP contribution in [0.15, 0.2) is 54.6 Å². The van der Waals surface area contributed by atoms with Crippen molar-refractivity contribution in [3.63, 3.8) is 0 Å². The Kier molecular flexibility index (Phi) is 6.27. The van der Waals surface area contributed by atoms with E-state index in [-0.39, 0.29) is 11.8 Å². The van der Waals surface area contributed by atoms with Crippen molar-refractivity contribution >= 4 is 17.3 Å². The molecule has 1 heterocycles. The van der Waals surface area contributed by atoms with Crippen LogP contribution in [0.1, 0.15) is 43.6 Å². The summed E-state index contributed by atoms with van der Waals surface area (Å²) in [6, 6.07) is 18.5. The summed E-state index contributed by atoms with van der Waals surface area (Å²) in [5, 5.41) is 3.19. The summed E-state index contributed by atoms with van der Waals surface area (Å²) in [5.74, 6) is 0.487. The number of rotatable bonds is 5. The summed E-state index contributed by atoms with van der Waals surface area (Å²) in [6.07, 6.45) is 6.04. The van der Waals surface area contributed by atoms with Gasteiger partial charge in [0.2, 0.25) is 5.91 Å². The minimum atomic E-state index is -0.0691. The molecule has 1 unspecified atom stereocenters. The highest BCUT2D eigenvalue weighted by Gasteiger charge is 2.31. The normalized spacial score (nSPS) is 19.2. The fourth-order valence-corrected chi connectivity index (χ4v) is 4.56. The maximum absolute atomic E-state index is 13.3. The molecule has 0 spiro atoms. The standard InChI is InChI=1S/C24H30N2O2/c27-24(23(19-7-3-1-4-8-19)20-9-5-2-6-10-20)25-21-11-13-22(14-12-21)26-15-17-28-18-16-26/h1,3-4,7-8,11-14,20,23H,2,5-6,9-10,15-18H2,(H,25,27). The minimum absolute atomic E-state index is 0.0691. The molecule has 0 aromatic heterocycles. The first-order chi connectivity index (χ1) is 13.8. The first kappa shape index (κ1) is 19.0. The maximum atomic E-state index is 13.3. The molecule has 4 heteroatoms. The summed E-state index contributed by atoms with van der Waals surface area (Å²) in [6.45, 7) is 3.39. The number of ether oxygens (including phenoxy) is 1. The van der Waals surface area contributed by atoms with E-state index in [1.165, 1.54) is 24.9 Å². The van der Waals surface area contributed by atoms with E-state index in [1.807, 2.05) is 30.3 Å². The summed E-state index contributed by atoms with van der Waals surface area (Å²) < 4.78 is 5.42. The number of amides is 1. The lowest BCUT2D eigenvalue weighted by atomic mass is 9.76. The van der Waals surface area contributed by atoms with Crippen molar-refractivity contribution in [1.29, 1.82) is 0 Å². The summed E-state index contributed by atoms with van der Waals surface area (Å²) in [4.78, 5) is 15.6. The Balaban J connectivity index is 1.47. The molecule has 1 N–H and O–H groups in total. The molecular weight excluding hydrogens is 348 g/mol. The third-order valence-corrected chi connectivity index (χ3v) is 6.07. The fourth-order valence-electron chi connectivity index (χ4n) is 4.56. The molecule has 2 aliphatic rings. The Morgan fingerprint density at radius 3 is 2.29 bits per heavy atom. The third kappa shape index (κ3) is 4.56. The van der Waals surface area contributed by atoms with Crippen molar-refractivity contribution in [3.05, 3.63) is 60.2 Å². The second-order valence-electron chi connectivity index (χ2n) is 7.92. The van der Waals surface area contributed by atoms with Gasteiger partial charge in [-0.15, -0.1) is 0 Å². The van der Waals surface area contributed by atoms with Crippen LogP contribution in [0.4, 0.5) is 11.4 Å². The lowest BCUT2D eigenvalue weighted by Gasteiger charge is -2.30. The van der Waals surface area contributed by atoms with E-state index < -0.39 is 0 Å². The average Bonchev–Trinajstić information content (AvgIpc) is 2.77. The Bertz CT molecular complexity index is 748. The molecule has 1 aliphatic carbocycles. The topological polar surface area (TPSA) is 41.6 Å². The third-order valence-electron chi connectivity index (χ3n) is 6.07. The Morgan fingerprint density at radius 2 is 1.61 bits per heavy atom. The van der Waals surface area contributed by atoms with Crippen molar-refractivity contribution in [2.24, 2.45) is 5.92 Å². The Hall–Kier alpha value is -2.33. The van der Waals surface area contributed by atoms with Crippen molar-refractivity contribution in [2.45, 2.75) is 38.0 Å². The Morgan fingerprint density at radius 1 is 0.929 bits per heavy atom. The van der Waals surface area contributed by atoms with Gasteiger partial charge in [-0.25, -0.2) is 0 Å². The number of benzene rings is 2. The van der Waals surface area contributed by atoms with Gasteiger partial charge in [0.1, 0.15) is 0 Å². The molecule has 2 aromatic rings. The van der Waals surface area contributed by atoms with Gasteiger partial charge in [-0.05, 0) is 48.6 Å². The van der Waals surface area contributed by atoms with Gasteiger partial charge in [-0.2, -0.15) is 0 Å². The van der Waals surface area contributed by atoms with Crippen LogP contribution in [-0.2, 0) is 9.53 Å². The number of morpholine rings is 1. The molecule has 1 amide bonds. The van der Waals surface area contributed by atoms with E-state index in [4.69, 9.17) is 4.74 Å². The quantitative estimate of drug-likeness (QED) is 0.810. The van der Waals surface area contributed by atoms with E-state index in [2.05, 4.69) is 34.5 Å². The molecule has 1 saturated heterocycles. The number of hydrogen-bond donors (Lipinski definition) is 1. The van der Waals surface area contributed by atoms with Crippen LogP contribution in [0.5, 0.6) is 0 Å². The van der Waals surface area contributed by atoms with Gasteiger partial charge in [0.05, 0.1) is 19.1 Å².